The highest BCUT2D eigenvalue weighted by Crippen LogP contribution is 2.48. The molecule has 0 saturated carbocycles. The molecule has 2 N–H and O–H groups in total. The van der Waals surface area contributed by atoms with E-state index in [0.717, 1.165) is 16.9 Å². The quantitative estimate of drug-likeness (QED) is 0.665. The van der Waals surface area contributed by atoms with Crippen LogP contribution < -0.4 is 5.73 Å². The predicted octanol–water partition coefficient (Wildman–Crippen LogP) is 3.68. The van der Waals surface area contributed by atoms with E-state index in [-0.39, 0.29) is 5.82 Å². The van der Waals surface area contributed by atoms with Crippen LogP contribution in [0, 0.1) is 11.7 Å². The first-order valence-corrected chi connectivity index (χ1v) is 8.47. The summed E-state index contributed by atoms with van der Waals surface area (Å²) in [5.74, 6) is -0.193. The van der Waals surface area contributed by atoms with E-state index < -0.39 is 5.91 Å². The van der Waals surface area contributed by atoms with Crippen molar-refractivity contribution in [1.29, 1.82) is 0 Å². The number of amides is 1. The summed E-state index contributed by atoms with van der Waals surface area (Å²) >= 11 is 0. The van der Waals surface area contributed by atoms with Gasteiger partial charge in [-0.2, -0.15) is 0 Å². The molecule has 1 heterocycles. The molecule has 0 saturated heterocycles. The van der Waals surface area contributed by atoms with Crippen LogP contribution in [0.4, 0.5) is 4.39 Å². The average Bonchev–Trinajstić information content (AvgIpc) is 2.74. The third-order valence-corrected chi connectivity index (χ3v) is 5.30. The lowest BCUT2D eigenvalue weighted by Gasteiger charge is -2.18. The minimum absolute atomic E-state index is 0.261. The number of primary amides is 1. The Hall–Kier alpha value is -1.14. The first-order valence-electron chi connectivity index (χ1n) is 6.37. The standard InChI is InChI=1S/C14H17FN2OS2/c1-9(2)7-12-13(14(16)18)17(20-19-12)8-10-3-5-11(15)6-4-10/h3-6,9H,7-8H2,1-2H3,(H2,16,18). The lowest BCUT2D eigenvalue weighted by Crippen LogP contribution is -2.25. The van der Waals surface area contributed by atoms with Crippen LogP contribution in [0.1, 0.15) is 25.8 Å². The van der Waals surface area contributed by atoms with Gasteiger partial charge in [0.25, 0.3) is 5.91 Å². The number of nitrogens with two attached hydrogens (primary N) is 1. The lowest BCUT2D eigenvalue weighted by atomic mass is 10.1. The lowest BCUT2D eigenvalue weighted by molar-refractivity contribution is -0.115. The molecule has 0 atom stereocenters. The molecule has 6 heteroatoms. The highest BCUT2D eigenvalue weighted by Gasteiger charge is 2.28. The zero-order chi connectivity index (χ0) is 14.7. The molecule has 0 fully saturated rings. The van der Waals surface area contributed by atoms with E-state index in [1.165, 1.54) is 23.1 Å². The van der Waals surface area contributed by atoms with Gasteiger partial charge in [-0.25, -0.2) is 4.39 Å². The van der Waals surface area contributed by atoms with E-state index in [9.17, 15) is 9.18 Å². The monoisotopic (exact) mass is 312 g/mol. The van der Waals surface area contributed by atoms with Gasteiger partial charge in [-0.15, -0.1) is 0 Å². The van der Waals surface area contributed by atoms with Crippen molar-refractivity contribution in [2.24, 2.45) is 11.7 Å². The van der Waals surface area contributed by atoms with Gasteiger partial charge in [-0.05, 0) is 40.8 Å². The van der Waals surface area contributed by atoms with E-state index in [1.807, 2.05) is 4.31 Å². The van der Waals surface area contributed by atoms with Gasteiger partial charge in [0.15, 0.2) is 0 Å². The molecule has 0 unspecified atom stereocenters. The van der Waals surface area contributed by atoms with Crippen molar-refractivity contribution in [3.63, 3.8) is 0 Å². The summed E-state index contributed by atoms with van der Waals surface area (Å²) in [6.45, 7) is 4.76. The van der Waals surface area contributed by atoms with Crippen molar-refractivity contribution >= 4 is 27.7 Å². The fourth-order valence-electron chi connectivity index (χ4n) is 1.93. The van der Waals surface area contributed by atoms with Gasteiger partial charge >= 0.3 is 0 Å². The number of carbonyl (C=O) groups is 1. The van der Waals surface area contributed by atoms with E-state index >= 15 is 0 Å². The molecular weight excluding hydrogens is 295 g/mol. The molecule has 1 aromatic rings. The number of hydrogen-bond donors (Lipinski definition) is 1. The molecule has 0 spiro atoms. The molecule has 0 bridgehead atoms. The minimum atomic E-state index is -0.403. The Kier molecular flexibility index (Phi) is 4.99. The van der Waals surface area contributed by atoms with Crippen LogP contribution in [0.5, 0.6) is 0 Å². The molecule has 0 aromatic heterocycles. The molecule has 0 radical (unpaired) electrons. The Morgan fingerprint density at radius 3 is 2.55 bits per heavy atom. The van der Waals surface area contributed by atoms with E-state index in [0.29, 0.717) is 18.2 Å². The number of allylic oxidation sites excluding steroid dienone is 1. The summed E-state index contributed by atoms with van der Waals surface area (Å²) in [5, 5.41) is 0. The van der Waals surface area contributed by atoms with Gasteiger partial charge in [0, 0.05) is 15.9 Å². The summed E-state index contributed by atoms with van der Waals surface area (Å²) in [7, 11) is 3.09. The predicted molar refractivity (Wildman–Crippen MR) is 82.8 cm³/mol. The SMILES string of the molecule is CC(C)CC1=C(C(N)=O)N(Cc2ccc(F)cc2)SS1. The molecule has 1 aliphatic rings. The number of nitrogens with zero attached hydrogens (tertiary/aromatic N) is 1. The van der Waals surface area contributed by atoms with Gasteiger partial charge in [-0.1, -0.05) is 26.0 Å². The van der Waals surface area contributed by atoms with Gasteiger partial charge < -0.3 is 5.73 Å². The van der Waals surface area contributed by atoms with Crippen LogP contribution in [0.15, 0.2) is 34.9 Å². The minimum Gasteiger partial charge on any atom is -0.364 e. The van der Waals surface area contributed by atoms with E-state index in [1.54, 1.807) is 22.9 Å². The summed E-state index contributed by atoms with van der Waals surface area (Å²) < 4.78 is 14.8. The number of hydrogen-bond acceptors (Lipinski definition) is 4. The third kappa shape index (κ3) is 3.70. The normalized spacial score (nSPS) is 15.3. The number of carbonyl (C=O) groups excluding carboxylic acids is 1. The summed E-state index contributed by atoms with van der Waals surface area (Å²) in [5.41, 5.74) is 7.04. The molecule has 2 rings (SSSR count). The van der Waals surface area contributed by atoms with Crippen molar-refractivity contribution < 1.29 is 9.18 Å². The molecule has 20 heavy (non-hydrogen) atoms. The fourth-order valence-corrected chi connectivity index (χ4v) is 4.70. The van der Waals surface area contributed by atoms with E-state index in [2.05, 4.69) is 13.8 Å². The second-order valence-corrected chi connectivity index (χ2v) is 7.25. The molecule has 0 aliphatic carbocycles. The van der Waals surface area contributed by atoms with Gasteiger partial charge in [-0.3, -0.25) is 9.10 Å². The van der Waals surface area contributed by atoms with Gasteiger partial charge in [0.2, 0.25) is 0 Å². The summed E-state index contributed by atoms with van der Waals surface area (Å²) in [6.07, 6.45) is 0.843. The molecule has 1 aromatic carbocycles. The molecular formula is C14H17FN2OS2. The smallest absolute Gasteiger partial charge is 0.266 e. The molecule has 1 aliphatic heterocycles. The second-order valence-electron chi connectivity index (χ2n) is 5.05. The number of rotatable bonds is 5. The van der Waals surface area contributed by atoms with Crippen LogP contribution >= 0.6 is 21.8 Å². The van der Waals surface area contributed by atoms with Crippen LogP contribution in [-0.2, 0) is 11.3 Å². The topological polar surface area (TPSA) is 46.3 Å². The van der Waals surface area contributed by atoms with Crippen molar-refractivity contribution in [3.8, 4) is 0 Å². The Labute approximate surface area is 126 Å². The number of halogens is 1. The maximum absolute atomic E-state index is 12.9. The van der Waals surface area contributed by atoms with Crippen molar-refractivity contribution in [2.45, 2.75) is 26.8 Å². The molecule has 1 amide bonds. The highest BCUT2D eigenvalue weighted by atomic mass is 33.1. The van der Waals surface area contributed by atoms with Crippen LogP contribution in [0.25, 0.3) is 0 Å². The summed E-state index contributed by atoms with van der Waals surface area (Å²) in [4.78, 5) is 12.7. The van der Waals surface area contributed by atoms with Crippen molar-refractivity contribution in [3.05, 3.63) is 46.2 Å². The molecule has 108 valence electrons. The zero-order valence-electron chi connectivity index (χ0n) is 11.4. The van der Waals surface area contributed by atoms with Crippen LogP contribution in [0.2, 0.25) is 0 Å². The maximum atomic E-state index is 12.9. The Morgan fingerprint density at radius 2 is 2.00 bits per heavy atom. The van der Waals surface area contributed by atoms with Crippen molar-refractivity contribution in [2.75, 3.05) is 0 Å². The Morgan fingerprint density at radius 1 is 1.35 bits per heavy atom. The largest absolute Gasteiger partial charge is 0.364 e. The Balaban J connectivity index is 2.17. The fraction of sp³-hybridized carbons (Fsp3) is 0.357. The third-order valence-electron chi connectivity index (χ3n) is 2.81. The maximum Gasteiger partial charge on any atom is 0.266 e. The Bertz CT molecular complexity index is 528. The highest BCUT2D eigenvalue weighted by molar-refractivity contribution is 8.77. The average molecular weight is 312 g/mol. The van der Waals surface area contributed by atoms with Gasteiger partial charge in [0.1, 0.15) is 11.5 Å². The van der Waals surface area contributed by atoms with Crippen LogP contribution in [0.3, 0.4) is 0 Å². The molecule has 3 nitrogen and oxygen atoms in total. The summed E-state index contributed by atoms with van der Waals surface area (Å²) in [6, 6.07) is 6.29. The van der Waals surface area contributed by atoms with Crippen LogP contribution in [-0.4, -0.2) is 10.2 Å². The first-order chi connectivity index (χ1) is 9.47. The second kappa shape index (κ2) is 6.54. The van der Waals surface area contributed by atoms with E-state index in [4.69, 9.17) is 5.73 Å². The zero-order valence-corrected chi connectivity index (χ0v) is 13.1. The first kappa shape index (κ1) is 15.3. The van der Waals surface area contributed by atoms with Crippen molar-refractivity contribution in [1.82, 2.24) is 4.31 Å². The van der Waals surface area contributed by atoms with Gasteiger partial charge in [0.05, 0.1) is 6.54 Å². The number of benzene rings is 1.